The number of nitrogens with one attached hydrogen (secondary N) is 1. The second-order valence-electron chi connectivity index (χ2n) is 10.3. The standard InChI is InChI=1S/C28H26ClF6N7O3/c1-28(2,24(30)31)38-27(44)45-13-21(17-8-9-20(29)19(10-17)22-36-14-42(39-22)26(34)35)40(3)23(43)16-6-4-15(5-7-16)18-11-37-41(12-18)25(32)33/h4-12,14,21,24-26H,13H2,1-3H3,(H,38,44)/t21-/m1/s1. The van der Waals surface area contributed by atoms with Gasteiger partial charge in [0.05, 0.1) is 22.8 Å². The van der Waals surface area contributed by atoms with Gasteiger partial charge in [-0.25, -0.2) is 23.2 Å². The average molecular weight is 658 g/mol. The number of nitrogens with zero attached hydrogens (tertiary/aromatic N) is 6. The van der Waals surface area contributed by atoms with E-state index in [0.29, 0.717) is 26.1 Å². The Hall–Kier alpha value is -4.60. The fourth-order valence-electron chi connectivity index (χ4n) is 4.10. The highest BCUT2D eigenvalue weighted by atomic mass is 35.5. The Morgan fingerprint density at radius 2 is 1.67 bits per heavy atom. The molecular formula is C28H26ClF6N7O3. The van der Waals surface area contributed by atoms with E-state index in [-0.39, 0.29) is 22.0 Å². The normalized spacial score (nSPS) is 12.6. The van der Waals surface area contributed by atoms with Crippen LogP contribution in [0.3, 0.4) is 0 Å². The summed E-state index contributed by atoms with van der Waals surface area (Å²) in [6.45, 7) is -4.09. The molecule has 0 aliphatic rings. The topological polar surface area (TPSA) is 107 Å². The molecule has 0 bridgehead atoms. The van der Waals surface area contributed by atoms with Gasteiger partial charge in [-0.1, -0.05) is 29.8 Å². The predicted octanol–water partition coefficient (Wildman–Crippen LogP) is 6.84. The fourth-order valence-corrected chi connectivity index (χ4v) is 4.30. The van der Waals surface area contributed by atoms with Gasteiger partial charge in [0.1, 0.15) is 12.9 Å². The van der Waals surface area contributed by atoms with E-state index in [1.165, 1.54) is 60.6 Å². The summed E-state index contributed by atoms with van der Waals surface area (Å²) in [5.74, 6) is -0.707. The molecule has 4 aromatic rings. The minimum absolute atomic E-state index is 0.0987. The molecule has 17 heteroatoms. The third kappa shape index (κ3) is 7.74. The number of halogens is 7. The van der Waals surface area contributed by atoms with Gasteiger partial charge in [0, 0.05) is 29.9 Å². The highest BCUT2D eigenvalue weighted by Crippen LogP contribution is 2.32. The quantitative estimate of drug-likeness (QED) is 0.177. The Bertz CT molecular complexity index is 1650. The minimum atomic E-state index is -2.96. The molecule has 0 saturated heterocycles. The Balaban J connectivity index is 1.63. The first-order valence-corrected chi connectivity index (χ1v) is 13.5. The van der Waals surface area contributed by atoms with Crippen molar-refractivity contribution in [3.8, 4) is 22.5 Å². The Labute approximate surface area is 257 Å². The molecule has 4 rings (SSSR count). The van der Waals surface area contributed by atoms with E-state index in [4.69, 9.17) is 16.3 Å². The molecule has 2 heterocycles. The van der Waals surface area contributed by atoms with Crippen LogP contribution in [0, 0.1) is 0 Å². The summed E-state index contributed by atoms with van der Waals surface area (Å²) in [4.78, 5) is 31.1. The van der Waals surface area contributed by atoms with Crippen LogP contribution in [0.15, 0.2) is 61.2 Å². The van der Waals surface area contributed by atoms with E-state index in [1.807, 2.05) is 0 Å². The molecule has 2 aromatic carbocycles. The molecule has 0 saturated carbocycles. The molecule has 0 aliphatic carbocycles. The lowest BCUT2D eigenvalue weighted by Gasteiger charge is -2.30. The number of alkyl carbamates (subject to hydrolysis) is 1. The highest BCUT2D eigenvalue weighted by Gasteiger charge is 2.33. The van der Waals surface area contributed by atoms with Gasteiger partial charge in [0.2, 0.25) is 0 Å². The summed E-state index contributed by atoms with van der Waals surface area (Å²) < 4.78 is 84.7. The smallest absolute Gasteiger partial charge is 0.407 e. The van der Waals surface area contributed by atoms with E-state index in [0.717, 1.165) is 26.4 Å². The van der Waals surface area contributed by atoms with Crippen molar-refractivity contribution in [1.29, 1.82) is 0 Å². The number of likely N-dealkylation sites (N-methyl/N-ethyl adjacent to an activating group) is 1. The van der Waals surface area contributed by atoms with Crippen LogP contribution in [0.25, 0.3) is 22.5 Å². The molecule has 0 spiro atoms. The molecule has 0 fully saturated rings. The van der Waals surface area contributed by atoms with Crippen LogP contribution in [0.2, 0.25) is 5.02 Å². The first kappa shape index (κ1) is 33.3. The van der Waals surface area contributed by atoms with Gasteiger partial charge in [-0.15, -0.1) is 5.10 Å². The van der Waals surface area contributed by atoms with Crippen molar-refractivity contribution in [3.05, 3.63) is 77.3 Å². The predicted molar refractivity (Wildman–Crippen MR) is 150 cm³/mol. The molecule has 10 nitrogen and oxygen atoms in total. The molecule has 45 heavy (non-hydrogen) atoms. The van der Waals surface area contributed by atoms with Gasteiger partial charge >= 0.3 is 19.2 Å². The maximum absolute atomic E-state index is 13.6. The summed E-state index contributed by atoms with van der Waals surface area (Å²) in [5.41, 5.74) is -0.389. The van der Waals surface area contributed by atoms with Gasteiger partial charge in [0.15, 0.2) is 5.82 Å². The third-order valence-corrected chi connectivity index (χ3v) is 7.05. The molecule has 1 atom stereocenters. The summed E-state index contributed by atoms with van der Waals surface area (Å²) in [5, 5.41) is 9.48. The van der Waals surface area contributed by atoms with Gasteiger partial charge in [-0.2, -0.15) is 27.3 Å². The SMILES string of the molecule is CN(C(=O)c1ccc(-c2cnn(C(F)F)c2)cc1)[C@H](COC(=O)NC(C)(C)C(F)F)c1ccc(Cl)c(-c2ncn(C(F)F)n2)c1. The van der Waals surface area contributed by atoms with Crippen LogP contribution in [-0.4, -0.2) is 67.1 Å². The summed E-state index contributed by atoms with van der Waals surface area (Å²) >= 11 is 6.30. The summed E-state index contributed by atoms with van der Waals surface area (Å²) in [6.07, 6.45) is -0.862. The number of amides is 2. The number of aromatic nitrogens is 5. The summed E-state index contributed by atoms with van der Waals surface area (Å²) in [7, 11) is 1.40. The molecule has 2 aromatic heterocycles. The number of hydrogen-bond acceptors (Lipinski definition) is 6. The zero-order valence-electron chi connectivity index (χ0n) is 23.8. The molecule has 0 radical (unpaired) electrons. The maximum atomic E-state index is 13.6. The second-order valence-corrected chi connectivity index (χ2v) is 10.7. The molecule has 0 unspecified atom stereocenters. The van der Waals surface area contributed by atoms with Crippen LogP contribution in [0.5, 0.6) is 0 Å². The number of benzene rings is 2. The van der Waals surface area contributed by atoms with Crippen molar-refractivity contribution >= 4 is 23.6 Å². The number of alkyl halides is 6. The van der Waals surface area contributed by atoms with Crippen molar-refractivity contribution in [2.75, 3.05) is 13.7 Å². The van der Waals surface area contributed by atoms with Crippen molar-refractivity contribution in [1.82, 2.24) is 34.8 Å². The van der Waals surface area contributed by atoms with Gasteiger partial charge < -0.3 is 15.0 Å². The van der Waals surface area contributed by atoms with Crippen LogP contribution >= 0.6 is 11.6 Å². The lowest BCUT2D eigenvalue weighted by molar-refractivity contribution is 0.0380. The molecular weight excluding hydrogens is 632 g/mol. The van der Waals surface area contributed by atoms with Gasteiger partial charge in [0.25, 0.3) is 12.3 Å². The Morgan fingerprint density at radius 3 is 2.24 bits per heavy atom. The number of ether oxygens (including phenoxy) is 1. The fraction of sp³-hybridized carbons (Fsp3) is 0.321. The number of carbonyl (C=O) groups is 2. The van der Waals surface area contributed by atoms with E-state index in [9.17, 15) is 35.9 Å². The highest BCUT2D eigenvalue weighted by molar-refractivity contribution is 6.33. The van der Waals surface area contributed by atoms with E-state index in [1.54, 1.807) is 0 Å². The van der Waals surface area contributed by atoms with Gasteiger partial charge in [-0.05, 0) is 49.2 Å². The van der Waals surface area contributed by atoms with Crippen LogP contribution in [0.1, 0.15) is 48.9 Å². The first-order chi connectivity index (χ1) is 21.2. The second kappa shape index (κ2) is 13.6. The van der Waals surface area contributed by atoms with Crippen molar-refractivity contribution in [2.24, 2.45) is 0 Å². The van der Waals surface area contributed by atoms with E-state index < -0.39 is 49.7 Å². The largest absolute Gasteiger partial charge is 0.447 e. The van der Waals surface area contributed by atoms with Crippen molar-refractivity contribution < 1.29 is 40.7 Å². The van der Waals surface area contributed by atoms with E-state index in [2.05, 4.69) is 20.5 Å². The average Bonchev–Trinajstić information content (AvgIpc) is 3.68. The molecule has 1 N–H and O–H groups in total. The number of rotatable bonds is 11. The lowest BCUT2D eigenvalue weighted by atomic mass is 10.0. The van der Waals surface area contributed by atoms with Crippen LogP contribution < -0.4 is 5.32 Å². The van der Waals surface area contributed by atoms with Crippen molar-refractivity contribution in [2.45, 2.75) is 45.0 Å². The lowest BCUT2D eigenvalue weighted by Crippen LogP contribution is -2.49. The molecule has 240 valence electrons. The molecule has 2 amide bonds. The minimum Gasteiger partial charge on any atom is -0.447 e. The number of carbonyl (C=O) groups excluding carboxylic acids is 2. The Morgan fingerprint density at radius 1 is 1.00 bits per heavy atom. The Kier molecular flexibility index (Phi) is 10.1. The number of hydrogen-bond donors (Lipinski definition) is 1. The van der Waals surface area contributed by atoms with Crippen LogP contribution in [0.4, 0.5) is 31.1 Å². The van der Waals surface area contributed by atoms with Crippen molar-refractivity contribution in [3.63, 3.8) is 0 Å². The molecule has 0 aliphatic heterocycles. The monoisotopic (exact) mass is 657 g/mol. The van der Waals surface area contributed by atoms with Crippen LogP contribution in [-0.2, 0) is 4.74 Å². The third-order valence-electron chi connectivity index (χ3n) is 6.72. The van der Waals surface area contributed by atoms with E-state index >= 15 is 0 Å². The first-order valence-electron chi connectivity index (χ1n) is 13.1. The summed E-state index contributed by atoms with van der Waals surface area (Å²) in [6, 6.07) is 9.27. The maximum Gasteiger partial charge on any atom is 0.407 e. The zero-order chi connectivity index (χ0) is 33.1. The zero-order valence-corrected chi connectivity index (χ0v) is 24.6. The van der Waals surface area contributed by atoms with Gasteiger partial charge in [-0.3, -0.25) is 4.79 Å².